The lowest BCUT2D eigenvalue weighted by Crippen LogP contribution is -2.23. The van der Waals surface area contributed by atoms with Crippen molar-refractivity contribution >= 4 is 5.97 Å². The van der Waals surface area contributed by atoms with Crippen LogP contribution in [0.15, 0.2) is 36.4 Å². The van der Waals surface area contributed by atoms with Crippen LogP contribution < -0.4 is 4.74 Å². The number of carbonyl (C=O) groups excluding carboxylic acids is 1. The van der Waals surface area contributed by atoms with Gasteiger partial charge in [0.25, 0.3) is 0 Å². The zero-order chi connectivity index (χ0) is 13.6. The van der Waals surface area contributed by atoms with Crippen molar-refractivity contribution in [2.75, 3.05) is 6.61 Å². The second-order valence-corrected chi connectivity index (χ2v) is 4.91. The Kier molecular flexibility index (Phi) is 4.95. The third-order valence-corrected chi connectivity index (χ3v) is 2.07. The highest BCUT2D eigenvalue weighted by molar-refractivity contribution is 5.89. The molecule has 0 aromatic heterocycles. The maximum absolute atomic E-state index is 11.8. The summed E-state index contributed by atoms with van der Waals surface area (Å²) >= 11 is 0. The smallest absolute Gasteiger partial charge is 0.338 e. The first-order chi connectivity index (χ1) is 8.42. The van der Waals surface area contributed by atoms with Crippen molar-refractivity contribution < 1.29 is 14.3 Å². The van der Waals surface area contributed by atoms with Crippen LogP contribution in [0.2, 0.25) is 0 Å². The topological polar surface area (TPSA) is 35.5 Å². The molecular weight excluding hydrogens is 228 g/mol. The first kappa shape index (κ1) is 14.3. The van der Waals surface area contributed by atoms with E-state index in [4.69, 9.17) is 9.47 Å². The van der Waals surface area contributed by atoms with E-state index in [2.05, 4.69) is 0 Å². The highest BCUT2D eigenvalue weighted by Crippen LogP contribution is 2.16. The Labute approximate surface area is 108 Å². The van der Waals surface area contributed by atoms with E-state index in [0.717, 1.165) is 5.75 Å². The lowest BCUT2D eigenvalue weighted by molar-refractivity contribution is 0.00695. The van der Waals surface area contributed by atoms with Gasteiger partial charge in [0, 0.05) is 0 Å². The highest BCUT2D eigenvalue weighted by Gasteiger charge is 2.17. The van der Waals surface area contributed by atoms with Crippen molar-refractivity contribution in [2.45, 2.75) is 33.3 Å². The molecule has 18 heavy (non-hydrogen) atoms. The molecule has 1 rings (SSSR count). The van der Waals surface area contributed by atoms with Crippen LogP contribution in [0, 0.1) is 0 Å². The van der Waals surface area contributed by atoms with Crippen molar-refractivity contribution in [2.24, 2.45) is 0 Å². The van der Waals surface area contributed by atoms with Crippen LogP contribution >= 0.6 is 0 Å². The van der Waals surface area contributed by atoms with Gasteiger partial charge in [0.05, 0.1) is 5.56 Å². The standard InChI is InChI=1S/C15H20O3/c1-5-6-11-17-13-9-7-12(8-10-13)14(16)18-15(2,3)4/h5-10H,11H2,1-4H3/b6-5+. The third-order valence-electron chi connectivity index (χ3n) is 2.07. The van der Waals surface area contributed by atoms with E-state index >= 15 is 0 Å². The summed E-state index contributed by atoms with van der Waals surface area (Å²) in [6.07, 6.45) is 3.84. The number of ether oxygens (including phenoxy) is 2. The summed E-state index contributed by atoms with van der Waals surface area (Å²) in [7, 11) is 0. The molecular formula is C15H20O3. The summed E-state index contributed by atoms with van der Waals surface area (Å²) in [5, 5.41) is 0. The van der Waals surface area contributed by atoms with E-state index in [-0.39, 0.29) is 5.97 Å². The fraction of sp³-hybridized carbons (Fsp3) is 0.400. The second-order valence-electron chi connectivity index (χ2n) is 4.91. The van der Waals surface area contributed by atoms with E-state index < -0.39 is 5.60 Å². The van der Waals surface area contributed by atoms with Crippen molar-refractivity contribution in [1.82, 2.24) is 0 Å². The molecule has 0 saturated carbocycles. The molecule has 3 heteroatoms. The van der Waals surface area contributed by atoms with E-state index in [0.29, 0.717) is 12.2 Å². The van der Waals surface area contributed by atoms with Crippen LogP contribution in [0.3, 0.4) is 0 Å². The predicted octanol–water partition coefficient (Wildman–Crippen LogP) is 3.60. The van der Waals surface area contributed by atoms with Gasteiger partial charge in [-0.2, -0.15) is 0 Å². The van der Waals surface area contributed by atoms with E-state index in [9.17, 15) is 4.79 Å². The summed E-state index contributed by atoms with van der Waals surface area (Å²) in [5.41, 5.74) is 0.0568. The molecule has 0 bridgehead atoms. The van der Waals surface area contributed by atoms with Gasteiger partial charge in [-0.1, -0.05) is 12.2 Å². The Morgan fingerprint density at radius 2 is 1.83 bits per heavy atom. The molecule has 0 unspecified atom stereocenters. The fourth-order valence-electron chi connectivity index (χ4n) is 1.26. The van der Waals surface area contributed by atoms with Crippen molar-refractivity contribution in [1.29, 1.82) is 0 Å². The number of carbonyl (C=O) groups is 1. The lowest BCUT2D eigenvalue weighted by atomic mass is 10.1. The maximum atomic E-state index is 11.8. The summed E-state index contributed by atoms with van der Waals surface area (Å²) in [4.78, 5) is 11.8. The lowest BCUT2D eigenvalue weighted by Gasteiger charge is -2.19. The van der Waals surface area contributed by atoms with Crippen LogP contribution in [-0.4, -0.2) is 18.2 Å². The largest absolute Gasteiger partial charge is 0.490 e. The first-order valence-electron chi connectivity index (χ1n) is 6.00. The number of hydrogen-bond acceptors (Lipinski definition) is 3. The normalized spacial score (nSPS) is 11.6. The zero-order valence-electron chi connectivity index (χ0n) is 11.4. The Morgan fingerprint density at radius 3 is 2.33 bits per heavy atom. The molecule has 98 valence electrons. The minimum absolute atomic E-state index is 0.317. The summed E-state index contributed by atoms with van der Waals surface area (Å²) < 4.78 is 10.7. The van der Waals surface area contributed by atoms with Crippen molar-refractivity contribution in [3.05, 3.63) is 42.0 Å². The Bertz CT molecular complexity index is 410. The van der Waals surface area contributed by atoms with Gasteiger partial charge >= 0.3 is 5.97 Å². The molecule has 0 saturated heterocycles. The molecule has 0 spiro atoms. The second kappa shape index (κ2) is 6.24. The van der Waals surface area contributed by atoms with Crippen LogP contribution in [0.4, 0.5) is 0 Å². The van der Waals surface area contributed by atoms with Crippen LogP contribution in [-0.2, 0) is 4.74 Å². The van der Waals surface area contributed by atoms with Gasteiger partial charge in [0.15, 0.2) is 0 Å². The highest BCUT2D eigenvalue weighted by atomic mass is 16.6. The summed E-state index contributed by atoms with van der Waals surface area (Å²) in [6.45, 7) is 8.01. The molecule has 0 amide bonds. The Balaban J connectivity index is 2.62. The maximum Gasteiger partial charge on any atom is 0.338 e. The van der Waals surface area contributed by atoms with Gasteiger partial charge in [-0.15, -0.1) is 0 Å². The van der Waals surface area contributed by atoms with Gasteiger partial charge in [0.1, 0.15) is 18.0 Å². The number of rotatable bonds is 4. The molecule has 0 fully saturated rings. The van der Waals surface area contributed by atoms with Gasteiger partial charge in [-0.05, 0) is 52.0 Å². The molecule has 0 heterocycles. The van der Waals surface area contributed by atoms with Crippen molar-refractivity contribution in [3.8, 4) is 5.75 Å². The average molecular weight is 248 g/mol. The number of esters is 1. The van der Waals surface area contributed by atoms with Gasteiger partial charge < -0.3 is 9.47 Å². The Hall–Kier alpha value is -1.77. The van der Waals surface area contributed by atoms with Crippen LogP contribution in [0.1, 0.15) is 38.1 Å². The summed E-state index contributed by atoms with van der Waals surface area (Å²) in [5.74, 6) is 0.419. The summed E-state index contributed by atoms with van der Waals surface area (Å²) in [6, 6.07) is 6.95. The minimum Gasteiger partial charge on any atom is -0.490 e. The monoisotopic (exact) mass is 248 g/mol. The number of allylic oxidation sites excluding steroid dienone is 1. The first-order valence-corrected chi connectivity index (χ1v) is 6.00. The van der Waals surface area contributed by atoms with Crippen LogP contribution in [0.5, 0.6) is 5.75 Å². The molecule has 0 atom stereocenters. The Morgan fingerprint density at radius 1 is 1.22 bits per heavy atom. The zero-order valence-corrected chi connectivity index (χ0v) is 11.4. The van der Waals surface area contributed by atoms with E-state index in [1.807, 2.05) is 39.8 Å². The van der Waals surface area contributed by atoms with Gasteiger partial charge in [-0.3, -0.25) is 0 Å². The molecule has 0 N–H and O–H groups in total. The average Bonchev–Trinajstić information content (AvgIpc) is 2.28. The fourth-order valence-corrected chi connectivity index (χ4v) is 1.26. The minimum atomic E-state index is -0.474. The molecule has 1 aromatic rings. The van der Waals surface area contributed by atoms with E-state index in [1.165, 1.54) is 0 Å². The molecule has 3 nitrogen and oxygen atoms in total. The quantitative estimate of drug-likeness (QED) is 0.603. The molecule has 0 radical (unpaired) electrons. The predicted molar refractivity (Wildman–Crippen MR) is 71.9 cm³/mol. The van der Waals surface area contributed by atoms with Gasteiger partial charge in [-0.25, -0.2) is 4.79 Å². The third kappa shape index (κ3) is 5.04. The van der Waals surface area contributed by atoms with E-state index in [1.54, 1.807) is 24.3 Å². The van der Waals surface area contributed by atoms with Crippen molar-refractivity contribution in [3.63, 3.8) is 0 Å². The van der Waals surface area contributed by atoms with Gasteiger partial charge in [0.2, 0.25) is 0 Å². The number of hydrogen-bond donors (Lipinski definition) is 0. The van der Waals surface area contributed by atoms with Crippen LogP contribution in [0.25, 0.3) is 0 Å². The molecule has 0 aliphatic rings. The molecule has 0 aliphatic carbocycles. The molecule has 0 aliphatic heterocycles. The molecule has 1 aromatic carbocycles. The number of benzene rings is 1. The SMILES string of the molecule is C/C=C/COc1ccc(C(=O)OC(C)(C)C)cc1.